The number of hydrogen-bond donors (Lipinski definition) is 2. The Morgan fingerprint density at radius 2 is 2.50 bits per heavy atom. The second kappa shape index (κ2) is 2.74. The first-order valence-corrected chi connectivity index (χ1v) is 3.35. The molecule has 2 N–H and O–H groups in total. The number of H-pyrrole nitrogens is 1. The maximum atomic E-state index is 4.67. The summed E-state index contributed by atoms with van der Waals surface area (Å²) in [6, 6.07) is 0. The van der Waals surface area contributed by atoms with Crippen LogP contribution < -0.4 is 5.48 Å². The van der Waals surface area contributed by atoms with Crippen LogP contribution in [0, 0.1) is 0 Å². The van der Waals surface area contributed by atoms with Crippen molar-refractivity contribution in [3.63, 3.8) is 0 Å². The third-order valence-corrected chi connectivity index (χ3v) is 1.36. The summed E-state index contributed by atoms with van der Waals surface area (Å²) >= 11 is 0. The van der Waals surface area contributed by atoms with E-state index >= 15 is 0 Å². The molecule has 0 aliphatic rings. The Hall–Kier alpha value is -1.69. The summed E-state index contributed by atoms with van der Waals surface area (Å²) in [5, 5.41) is 0. The van der Waals surface area contributed by atoms with Crippen molar-refractivity contribution >= 4 is 17.1 Å². The average molecular weight is 165 g/mol. The molecule has 12 heavy (non-hydrogen) atoms. The zero-order chi connectivity index (χ0) is 8.39. The molecule has 0 spiro atoms. The zero-order valence-electron chi connectivity index (χ0n) is 6.40. The minimum atomic E-state index is 0.521. The van der Waals surface area contributed by atoms with Gasteiger partial charge in [-0.25, -0.2) is 15.4 Å². The minimum absolute atomic E-state index is 0.521. The number of imidazole rings is 1. The van der Waals surface area contributed by atoms with Crippen LogP contribution in [-0.4, -0.2) is 27.0 Å². The van der Waals surface area contributed by atoms with E-state index in [1.165, 1.54) is 13.4 Å². The molecule has 6 nitrogen and oxygen atoms in total. The SMILES string of the molecule is CONc1nc2ncncc2[nH]1. The van der Waals surface area contributed by atoms with Crippen molar-refractivity contribution in [1.82, 2.24) is 19.9 Å². The van der Waals surface area contributed by atoms with Gasteiger partial charge in [0, 0.05) is 0 Å². The Morgan fingerprint density at radius 1 is 1.58 bits per heavy atom. The van der Waals surface area contributed by atoms with Crippen molar-refractivity contribution < 1.29 is 4.84 Å². The lowest BCUT2D eigenvalue weighted by Gasteiger charge is -1.93. The Balaban J connectivity index is 2.47. The first-order valence-electron chi connectivity index (χ1n) is 3.35. The number of rotatable bonds is 2. The number of nitrogens with zero attached hydrogens (tertiary/aromatic N) is 3. The van der Waals surface area contributed by atoms with E-state index in [-0.39, 0.29) is 0 Å². The number of anilines is 1. The van der Waals surface area contributed by atoms with Gasteiger partial charge in [0.25, 0.3) is 0 Å². The summed E-state index contributed by atoms with van der Waals surface area (Å²) in [4.78, 5) is 19.4. The van der Waals surface area contributed by atoms with E-state index in [1.54, 1.807) is 6.20 Å². The van der Waals surface area contributed by atoms with Crippen LogP contribution in [0.5, 0.6) is 0 Å². The largest absolute Gasteiger partial charge is 0.320 e. The predicted octanol–water partition coefficient (Wildman–Crippen LogP) is 0.326. The van der Waals surface area contributed by atoms with Crippen molar-refractivity contribution in [3.8, 4) is 0 Å². The summed E-state index contributed by atoms with van der Waals surface area (Å²) in [7, 11) is 1.51. The topological polar surface area (TPSA) is 75.7 Å². The Morgan fingerprint density at radius 3 is 3.25 bits per heavy atom. The van der Waals surface area contributed by atoms with Crippen LogP contribution in [0.25, 0.3) is 11.2 Å². The lowest BCUT2D eigenvalue weighted by atomic mass is 10.6. The van der Waals surface area contributed by atoms with Crippen molar-refractivity contribution in [3.05, 3.63) is 12.5 Å². The molecule has 2 rings (SSSR count). The lowest BCUT2D eigenvalue weighted by Crippen LogP contribution is -1.96. The Labute approximate surface area is 68.0 Å². The first-order chi connectivity index (χ1) is 5.90. The van der Waals surface area contributed by atoms with Crippen LogP contribution in [0.2, 0.25) is 0 Å². The number of aromatic nitrogens is 4. The van der Waals surface area contributed by atoms with Crippen LogP contribution >= 0.6 is 0 Å². The third kappa shape index (κ3) is 1.08. The van der Waals surface area contributed by atoms with Gasteiger partial charge >= 0.3 is 0 Å². The normalized spacial score (nSPS) is 10.4. The molecule has 2 aromatic heterocycles. The highest BCUT2D eigenvalue weighted by Crippen LogP contribution is 2.08. The molecule has 0 fully saturated rings. The zero-order valence-corrected chi connectivity index (χ0v) is 6.40. The quantitative estimate of drug-likeness (QED) is 0.627. The molecule has 2 heterocycles. The molecule has 0 bridgehead atoms. The minimum Gasteiger partial charge on any atom is -0.320 e. The summed E-state index contributed by atoms with van der Waals surface area (Å²) in [6.07, 6.45) is 3.09. The molecule has 0 saturated carbocycles. The van der Waals surface area contributed by atoms with E-state index in [1.807, 2.05) is 0 Å². The van der Waals surface area contributed by atoms with Crippen molar-refractivity contribution in [2.75, 3.05) is 12.6 Å². The van der Waals surface area contributed by atoms with Gasteiger partial charge in [0.2, 0.25) is 5.95 Å². The Bertz CT molecular complexity index is 351. The fraction of sp³-hybridized carbons (Fsp3) is 0.167. The summed E-state index contributed by atoms with van der Waals surface area (Å²) in [6.45, 7) is 0. The molecule has 2 aromatic rings. The van der Waals surface area contributed by atoms with E-state index < -0.39 is 0 Å². The molecule has 0 aliphatic carbocycles. The predicted molar refractivity (Wildman–Crippen MR) is 42.3 cm³/mol. The van der Waals surface area contributed by atoms with Crippen LogP contribution in [0.15, 0.2) is 12.5 Å². The summed E-state index contributed by atoms with van der Waals surface area (Å²) in [5.41, 5.74) is 3.95. The van der Waals surface area contributed by atoms with E-state index in [0.717, 1.165) is 5.52 Å². The van der Waals surface area contributed by atoms with E-state index in [9.17, 15) is 0 Å². The van der Waals surface area contributed by atoms with E-state index in [0.29, 0.717) is 11.6 Å². The molecular weight excluding hydrogens is 158 g/mol. The fourth-order valence-electron chi connectivity index (χ4n) is 0.907. The van der Waals surface area contributed by atoms with Gasteiger partial charge in [-0.05, 0) is 0 Å². The molecule has 0 aromatic carbocycles. The summed E-state index contributed by atoms with van der Waals surface area (Å²) in [5.74, 6) is 0.521. The molecular formula is C6H7N5O. The summed E-state index contributed by atoms with van der Waals surface area (Å²) < 4.78 is 0. The van der Waals surface area contributed by atoms with Gasteiger partial charge in [-0.2, -0.15) is 4.98 Å². The van der Waals surface area contributed by atoms with Gasteiger partial charge in [0.05, 0.1) is 13.3 Å². The van der Waals surface area contributed by atoms with Gasteiger partial charge in [-0.3, -0.25) is 4.84 Å². The van der Waals surface area contributed by atoms with Gasteiger partial charge in [-0.15, -0.1) is 0 Å². The molecule has 0 aliphatic heterocycles. The molecule has 0 saturated heterocycles. The second-order valence-corrected chi connectivity index (χ2v) is 2.15. The highest BCUT2D eigenvalue weighted by molar-refractivity contribution is 5.71. The maximum Gasteiger partial charge on any atom is 0.227 e. The first kappa shape index (κ1) is 6.99. The third-order valence-electron chi connectivity index (χ3n) is 1.36. The van der Waals surface area contributed by atoms with Gasteiger partial charge in [0.15, 0.2) is 5.65 Å². The average Bonchev–Trinajstić information content (AvgIpc) is 2.47. The molecule has 6 heteroatoms. The second-order valence-electron chi connectivity index (χ2n) is 2.15. The van der Waals surface area contributed by atoms with Crippen molar-refractivity contribution in [1.29, 1.82) is 0 Å². The van der Waals surface area contributed by atoms with Gasteiger partial charge in [-0.1, -0.05) is 0 Å². The Kier molecular flexibility index (Phi) is 1.60. The number of fused-ring (bicyclic) bond motifs is 1. The number of hydrogen-bond acceptors (Lipinski definition) is 5. The smallest absolute Gasteiger partial charge is 0.227 e. The van der Waals surface area contributed by atoms with Gasteiger partial charge < -0.3 is 4.98 Å². The highest BCUT2D eigenvalue weighted by Gasteiger charge is 2.00. The van der Waals surface area contributed by atoms with Crippen LogP contribution in [0.3, 0.4) is 0 Å². The van der Waals surface area contributed by atoms with Crippen LogP contribution in [-0.2, 0) is 4.84 Å². The molecule has 0 radical (unpaired) electrons. The molecule has 0 unspecified atom stereocenters. The maximum absolute atomic E-state index is 4.67. The number of aromatic amines is 1. The van der Waals surface area contributed by atoms with E-state index in [4.69, 9.17) is 0 Å². The molecule has 0 atom stereocenters. The van der Waals surface area contributed by atoms with Crippen LogP contribution in [0.1, 0.15) is 0 Å². The van der Waals surface area contributed by atoms with Gasteiger partial charge in [0.1, 0.15) is 11.8 Å². The van der Waals surface area contributed by atoms with E-state index in [2.05, 4.69) is 30.3 Å². The fourth-order valence-corrected chi connectivity index (χ4v) is 0.907. The lowest BCUT2D eigenvalue weighted by molar-refractivity contribution is 0.267. The molecule has 62 valence electrons. The molecule has 0 amide bonds. The van der Waals surface area contributed by atoms with Crippen molar-refractivity contribution in [2.45, 2.75) is 0 Å². The highest BCUT2D eigenvalue weighted by atomic mass is 16.6. The van der Waals surface area contributed by atoms with Crippen molar-refractivity contribution in [2.24, 2.45) is 0 Å². The standard InChI is InChI=1S/C6H7N5O/c1-12-11-6-9-4-2-7-3-8-5(4)10-6/h2-3H,1H3,(H2,7,8,9,10,11). The van der Waals surface area contributed by atoms with Crippen LogP contribution in [0.4, 0.5) is 5.95 Å². The number of nitrogens with one attached hydrogen (secondary N) is 2. The monoisotopic (exact) mass is 165 g/mol.